The van der Waals surface area contributed by atoms with Crippen LogP contribution in [0, 0.1) is 0 Å². The summed E-state index contributed by atoms with van der Waals surface area (Å²) in [6.07, 6.45) is 12.0. The van der Waals surface area contributed by atoms with Crippen molar-refractivity contribution in [2.45, 2.75) is 297 Å². The van der Waals surface area contributed by atoms with Gasteiger partial charge in [0.2, 0.25) is 40.1 Å². The van der Waals surface area contributed by atoms with E-state index in [1.165, 1.54) is 180 Å². The first-order valence-electron chi connectivity index (χ1n) is 48.8. The zero-order chi connectivity index (χ0) is 94.9. The number of rotatable bonds is 18. The zero-order valence-electron chi connectivity index (χ0n) is 86.1. The SMILES string of the molecule is C=C(c1ccccc1)N1CCN(C(C)C)CC1.CC(C)N1CCCCC1.CC(C)N1CCCN(C)CC1.CC(C)N1CCCNCC1.CC(C)N1CCN(C(C)C)CC1.CC(C)N1CCN(S(C)(=O)=O)CC1.CC(C)N1CCN(S(C)(=O)=O)C[C@@H]1C.CC(C)N1CCN(S(C)(=O)=O)C[C@H]1C.CC(C)N1CCN(S(C)(=O)=O)[C@@H](C)C1.CCN1CCN(C(C)C)CC1. The molecule has 0 radical (unpaired) electrons. The summed E-state index contributed by atoms with van der Waals surface area (Å²) in [5.41, 5.74) is 2.40. The first-order valence-corrected chi connectivity index (χ1v) is 56.2. The van der Waals surface area contributed by atoms with Crippen LogP contribution in [0.1, 0.15) is 218 Å². The Morgan fingerprint density at radius 3 is 0.984 bits per heavy atom. The van der Waals surface area contributed by atoms with Crippen LogP contribution in [-0.2, 0) is 40.1 Å². The molecule has 0 bridgehead atoms. The average Bonchev–Trinajstić information content (AvgIpc) is 0.890. The van der Waals surface area contributed by atoms with Crippen LogP contribution in [0.25, 0.3) is 5.70 Å². The number of piperidine rings is 1. The maximum absolute atomic E-state index is 11.4. The molecule has 1 aromatic rings. The molecular formula is C94H197N19O8S4. The molecule has 1 aromatic carbocycles. The first kappa shape index (κ1) is 119. The van der Waals surface area contributed by atoms with Crippen LogP contribution in [0.15, 0.2) is 36.9 Å². The molecule has 0 spiro atoms. The molecule has 27 nitrogen and oxygen atoms in total. The fourth-order valence-electron chi connectivity index (χ4n) is 17.6. The van der Waals surface area contributed by atoms with Gasteiger partial charge in [-0.15, -0.1) is 0 Å². The summed E-state index contributed by atoms with van der Waals surface area (Å²) in [5.74, 6) is 0. The second-order valence-electron chi connectivity index (χ2n) is 39.7. The average molecular weight is 1850 g/mol. The molecule has 11 rings (SSSR count). The van der Waals surface area contributed by atoms with Crippen LogP contribution < -0.4 is 5.32 Å². The number of nitrogens with zero attached hydrogens (tertiary/aromatic N) is 18. The van der Waals surface area contributed by atoms with Gasteiger partial charge in [-0.1, -0.05) is 50.3 Å². The highest BCUT2D eigenvalue weighted by Crippen LogP contribution is 2.22. The van der Waals surface area contributed by atoms with Crippen LogP contribution in [0.5, 0.6) is 0 Å². The van der Waals surface area contributed by atoms with Crippen LogP contribution in [-0.4, -0.2) is 472 Å². The number of nitrogens with one attached hydrogen (secondary N) is 1. The molecule has 0 amide bonds. The third-order valence-corrected chi connectivity index (χ3v) is 31.6. The van der Waals surface area contributed by atoms with E-state index in [0.717, 1.165) is 114 Å². The van der Waals surface area contributed by atoms with Gasteiger partial charge in [-0.05, 0) is 257 Å². The van der Waals surface area contributed by atoms with E-state index in [-0.39, 0.29) is 6.04 Å². The van der Waals surface area contributed by atoms with Crippen LogP contribution in [0.4, 0.5) is 0 Å². The molecule has 31 heteroatoms. The number of hydrogen-bond donors (Lipinski definition) is 1. The molecular weight excluding hydrogens is 1650 g/mol. The molecule has 10 aliphatic heterocycles. The Labute approximate surface area is 772 Å². The van der Waals surface area contributed by atoms with Crippen molar-refractivity contribution in [3.8, 4) is 0 Å². The Bertz CT molecular complexity index is 3340. The molecule has 10 aliphatic rings. The van der Waals surface area contributed by atoms with Gasteiger partial charge in [0.15, 0.2) is 0 Å². The molecule has 0 aliphatic carbocycles. The summed E-state index contributed by atoms with van der Waals surface area (Å²) < 4.78 is 96.6. The van der Waals surface area contributed by atoms with Crippen molar-refractivity contribution in [1.82, 2.24) is 91.1 Å². The lowest BCUT2D eigenvalue weighted by atomic mass is 10.1. The zero-order valence-corrected chi connectivity index (χ0v) is 89.4. The van der Waals surface area contributed by atoms with Crippen LogP contribution in [0.3, 0.4) is 0 Å². The highest BCUT2D eigenvalue weighted by molar-refractivity contribution is 7.89. The molecule has 10 fully saturated rings. The number of likely N-dealkylation sites (tertiary alicyclic amines) is 1. The molecule has 10 saturated heterocycles. The van der Waals surface area contributed by atoms with Crippen molar-refractivity contribution in [1.29, 1.82) is 0 Å². The lowest BCUT2D eigenvalue weighted by Gasteiger charge is -2.40. The lowest BCUT2D eigenvalue weighted by molar-refractivity contribution is 0.0887. The summed E-state index contributed by atoms with van der Waals surface area (Å²) in [5, 5.41) is 3.39. The van der Waals surface area contributed by atoms with E-state index in [0.29, 0.717) is 88.1 Å². The van der Waals surface area contributed by atoms with Crippen LogP contribution in [0.2, 0.25) is 0 Å². The largest absolute Gasteiger partial charge is 0.369 e. The van der Waals surface area contributed by atoms with E-state index < -0.39 is 40.1 Å². The normalized spacial score (nSPS) is 23.6. The molecule has 1 N–H and O–H groups in total. The highest BCUT2D eigenvalue weighted by atomic mass is 32.2. The third kappa shape index (κ3) is 48.0. The van der Waals surface area contributed by atoms with E-state index in [2.05, 4.69) is 285 Å². The minimum Gasteiger partial charge on any atom is -0.369 e. The molecule has 0 unspecified atom stereocenters. The van der Waals surface area contributed by atoms with Gasteiger partial charge < -0.3 is 24.9 Å². The molecule has 125 heavy (non-hydrogen) atoms. The Balaban J connectivity index is 0.000000472. The van der Waals surface area contributed by atoms with Gasteiger partial charge in [0, 0.05) is 280 Å². The Kier molecular flexibility index (Phi) is 58.0. The summed E-state index contributed by atoms with van der Waals surface area (Å²) >= 11 is 0. The monoisotopic (exact) mass is 1850 g/mol. The number of likely N-dealkylation sites (N-methyl/N-ethyl adjacent to an activating group) is 2. The van der Waals surface area contributed by atoms with E-state index >= 15 is 0 Å². The second-order valence-corrected chi connectivity index (χ2v) is 47.6. The van der Waals surface area contributed by atoms with Crippen molar-refractivity contribution in [3.05, 3.63) is 42.5 Å². The van der Waals surface area contributed by atoms with Crippen molar-refractivity contribution in [2.75, 3.05) is 268 Å². The fourth-order valence-corrected chi connectivity index (χ4v) is 21.3. The topological polar surface area (TPSA) is 207 Å². The smallest absolute Gasteiger partial charge is 0.211 e. The van der Waals surface area contributed by atoms with Crippen molar-refractivity contribution < 1.29 is 33.7 Å². The van der Waals surface area contributed by atoms with Gasteiger partial charge in [0.1, 0.15) is 0 Å². The maximum atomic E-state index is 11.4. The quantitative estimate of drug-likeness (QED) is 0.145. The standard InChI is InChI=1S/C15H22N2.C10H22N2.3C9H20N2O2S.2C9H20N2.C8H18N2O2S.C8H18N2.C8H17N/c1-13(2)16-9-11-17(12-10-16)14(3)15-7-5-4-6-8-15;1-9(2)11-5-7-12(8-6-11)10(3)4;2*1-8(2)11-6-5-10(7-9(11)3)14(4,12)13;1-8(2)10-5-6-11(9(3)7-10)14(4,12)13;1-9(2)11-6-4-5-10(3)7-8-11;1-4-10-5-7-11(8-6-10)9(2)3;1-8(2)9-4-6-10(7-5-9)13(3,11)12;1-8(2)10-6-3-4-9-5-7-10;1-8(2)9-6-4-3-5-7-9/h4-8,13H,3,9-12H2,1-2H3;9-10H,5-8H2,1-4H3;3*8-9H,5-7H2,1-4H3;2*9H,4-8H2,1-3H3;8H,4-7H2,1-3H3;8-9H,3-7H2,1-2H3;8H,3-7H2,1-2H3/t;;3*9-;;;;;/m..100...../s1. The predicted molar refractivity (Wildman–Crippen MR) is 536 cm³/mol. The number of piperazine rings is 7. The molecule has 3 atom stereocenters. The Hall–Kier alpha value is -2.16. The number of sulfonamides is 4. The third-order valence-electron chi connectivity index (χ3n) is 26.4. The number of hydrogen-bond acceptors (Lipinski definition) is 23. The first-order chi connectivity index (χ1) is 58.2. The van der Waals surface area contributed by atoms with Gasteiger partial charge in [0.25, 0.3) is 0 Å². The van der Waals surface area contributed by atoms with Crippen molar-refractivity contribution in [3.63, 3.8) is 0 Å². The molecule has 0 aromatic heterocycles. The van der Waals surface area contributed by atoms with Gasteiger partial charge in [0.05, 0.1) is 25.0 Å². The minimum absolute atomic E-state index is 0.0983. The summed E-state index contributed by atoms with van der Waals surface area (Å²) in [6, 6.07) is 18.2. The summed E-state index contributed by atoms with van der Waals surface area (Å²) in [6.45, 7) is 99.3. The molecule has 0 saturated carbocycles. The minimum atomic E-state index is -3.02. The second kappa shape index (κ2) is 61.0. The van der Waals surface area contributed by atoms with Gasteiger partial charge >= 0.3 is 0 Å². The predicted octanol–water partition coefficient (Wildman–Crippen LogP) is 9.79. The van der Waals surface area contributed by atoms with E-state index in [4.69, 9.17) is 0 Å². The van der Waals surface area contributed by atoms with Crippen molar-refractivity contribution >= 4 is 45.8 Å². The molecule has 740 valence electrons. The van der Waals surface area contributed by atoms with E-state index in [1.54, 1.807) is 17.2 Å². The van der Waals surface area contributed by atoms with Gasteiger partial charge in [-0.25, -0.2) is 33.7 Å². The van der Waals surface area contributed by atoms with E-state index in [9.17, 15) is 33.7 Å². The summed E-state index contributed by atoms with van der Waals surface area (Å²) in [4.78, 5) is 34.4. The number of benzene rings is 1. The summed E-state index contributed by atoms with van der Waals surface area (Å²) in [7, 11) is -9.78. The maximum Gasteiger partial charge on any atom is 0.211 e. The highest BCUT2D eigenvalue weighted by Gasteiger charge is 2.34. The lowest BCUT2D eigenvalue weighted by Crippen LogP contribution is -2.55. The van der Waals surface area contributed by atoms with Crippen molar-refractivity contribution in [2.24, 2.45) is 0 Å². The fraction of sp³-hybridized carbons (Fsp3) is 0.915. The van der Waals surface area contributed by atoms with E-state index in [1.807, 2.05) is 13.0 Å². The molecule has 10 heterocycles. The van der Waals surface area contributed by atoms with Gasteiger partial charge in [-0.3, -0.25) is 49.0 Å². The van der Waals surface area contributed by atoms with Gasteiger partial charge in [-0.2, -0.15) is 17.2 Å². The Morgan fingerprint density at radius 1 is 0.320 bits per heavy atom. The Morgan fingerprint density at radius 2 is 0.640 bits per heavy atom. The van der Waals surface area contributed by atoms with Crippen LogP contribution >= 0.6 is 0 Å².